The van der Waals surface area contributed by atoms with Crippen molar-refractivity contribution in [2.75, 3.05) is 10.6 Å². The third-order valence-electron chi connectivity index (χ3n) is 4.35. The summed E-state index contributed by atoms with van der Waals surface area (Å²) in [7, 11) is 0. The van der Waals surface area contributed by atoms with E-state index in [1.54, 1.807) is 19.1 Å². The number of amides is 2. The monoisotopic (exact) mass is 442 g/mol. The topological polar surface area (TPSA) is 58.2 Å². The quantitative estimate of drug-likeness (QED) is 0.449. The maximum Gasteiger partial charge on any atom is 0.255 e. The molecule has 0 fully saturated rings. The third-order valence-corrected chi connectivity index (χ3v) is 5.73. The molecule has 154 valence electrons. The van der Waals surface area contributed by atoms with Gasteiger partial charge in [0, 0.05) is 21.8 Å². The Bertz CT molecular complexity index is 1090. The summed E-state index contributed by atoms with van der Waals surface area (Å²) in [4.78, 5) is 25.8. The molecule has 7 heteroatoms. The summed E-state index contributed by atoms with van der Waals surface area (Å²) in [5.41, 5.74) is 2.58. The molecule has 0 heterocycles. The van der Waals surface area contributed by atoms with Gasteiger partial charge < -0.3 is 10.6 Å². The molecule has 4 nitrogen and oxygen atoms in total. The Morgan fingerprint density at radius 3 is 2.43 bits per heavy atom. The zero-order chi connectivity index (χ0) is 21.7. The molecule has 30 heavy (non-hydrogen) atoms. The van der Waals surface area contributed by atoms with Gasteiger partial charge in [0.15, 0.2) is 0 Å². The van der Waals surface area contributed by atoms with Crippen molar-refractivity contribution in [2.24, 2.45) is 0 Å². The van der Waals surface area contributed by atoms with Crippen molar-refractivity contribution in [3.05, 3.63) is 88.7 Å². The van der Waals surface area contributed by atoms with Crippen LogP contribution >= 0.6 is 23.4 Å². The van der Waals surface area contributed by atoms with Gasteiger partial charge in [-0.05, 0) is 61.9 Å². The molecule has 0 saturated heterocycles. The van der Waals surface area contributed by atoms with Crippen molar-refractivity contribution in [1.82, 2.24) is 0 Å². The molecule has 2 N–H and O–H groups in total. The molecular formula is C23H20ClFN2O2S. The zero-order valence-corrected chi connectivity index (χ0v) is 18.0. The maximum atomic E-state index is 13.3. The Morgan fingerprint density at radius 1 is 0.967 bits per heavy atom. The molecule has 0 aliphatic rings. The predicted molar refractivity (Wildman–Crippen MR) is 121 cm³/mol. The molecule has 0 aliphatic carbocycles. The van der Waals surface area contributed by atoms with Gasteiger partial charge in [0.1, 0.15) is 5.82 Å². The summed E-state index contributed by atoms with van der Waals surface area (Å²) in [6, 6.07) is 18.7. The number of hydrogen-bond donors (Lipinski definition) is 2. The van der Waals surface area contributed by atoms with E-state index in [-0.39, 0.29) is 16.8 Å². The molecule has 0 saturated carbocycles. The molecule has 3 rings (SSSR count). The van der Waals surface area contributed by atoms with Gasteiger partial charge in [0.05, 0.1) is 10.3 Å². The Balaban J connectivity index is 1.64. The standard InChI is InChI=1S/C23H20ClFN2O2S/c1-14-6-3-4-9-19(14)23(29)27-16-7-5-8-18(12-16)30-15(2)22(28)26-17-10-11-21(25)20(24)13-17/h3-13,15H,1-2H3,(H,26,28)(H,27,29). The largest absolute Gasteiger partial charge is 0.325 e. The minimum absolute atomic E-state index is 0.0507. The van der Waals surface area contributed by atoms with E-state index in [4.69, 9.17) is 11.6 Å². The van der Waals surface area contributed by atoms with E-state index in [1.165, 1.54) is 30.0 Å². The number of anilines is 2. The average molecular weight is 443 g/mol. The van der Waals surface area contributed by atoms with Gasteiger partial charge in [-0.15, -0.1) is 11.8 Å². The van der Waals surface area contributed by atoms with Crippen LogP contribution in [0.1, 0.15) is 22.8 Å². The Hall–Kier alpha value is -2.83. The lowest BCUT2D eigenvalue weighted by molar-refractivity contribution is -0.115. The number of aryl methyl sites for hydroxylation is 1. The molecule has 0 aliphatic heterocycles. The summed E-state index contributed by atoms with van der Waals surface area (Å²) in [5, 5.41) is 5.14. The molecule has 0 spiro atoms. The number of benzene rings is 3. The van der Waals surface area contributed by atoms with Crippen LogP contribution in [0.2, 0.25) is 5.02 Å². The van der Waals surface area contributed by atoms with Crippen LogP contribution in [-0.4, -0.2) is 17.1 Å². The smallest absolute Gasteiger partial charge is 0.255 e. The van der Waals surface area contributed by atoms with E-state index >= 15 is 0 Å². The van der Waals surface area contributed by atoms with E-state index in [1.807, 2.05) is 43.3 Å². The van der Waals surface area contributed by atoms with Crippen LogP contribution in [0.3, 0.4) is 0 Å². The van der Waals surface area contributed by atoms with E-state index in [2.05, 4.69) is 10.6 Å². The highest BCUT2D eigenvalue weighted by atomic mass is 35.5. The molecule has 3 aromatic carbocycles. The molecule has 1 atom stereocenters. The number of halogens is 2. The summed E-state index contributed by atoms with van der Waals surface area (Å²) < 4.78 is 13.3. The molecule has 3 aromatic rings. The first kappa shape index (κ1) is 21.9. The van der Waals surface area contributed by atoms with Crippen LogP contribution in [0.5, 0.6) is 0 Å². The summed E-state index contributed by atoms with van der Waals surface area (Å²) in [6.07, 6.45) is 0. The van der Waals surface area contributed by atoms with Crippen molar-refractivity contribution in [3.8, 4) is 0 Å². The molecule has 0 bridgehead atoms. The fourth-order valence-electron chi connectivity index (χ4n) is 2.75. The van der Waals surface area contributed by atoms with Crippen LogP contribution in [0, 0.1) is 12.7 Å². The first-order valence-electron chi connectivity index (χ1n) is 9.23. The van der Waals surface area contributed by atoms with Gasteiger partial charge in [0.2, 0.25) is 5.91 Å². The number of carbonyl (C=O) groups excluding carboxylic acids is 2. The van der Waals surface area contributed by atoms with E-state index in [0.717, 1.165) is 10.5 Å². The van der Waals surface area contributed by atoms with Crippen molar-refractivity contribution in [2.45, 2.75) is 24.0 Å². The lowest BCUT2D eigenvalue weighted by atomic mass is 10.1. The number of nitrogens with one attached hydrogen (secondary N) is 2. The normalized spacial score (nSPS) is 11.6. The molecule has 2 amide bonds. The minimum atomic E-state index is -0.540. The number of thioether (sulfide) groups is 1. The maximum absolute atomic E-state index is 13.3. The highest BCUT2D eigenvalue weighted by Crippen LogP contribution is 2.27. The first-order chi connectivity index (χ1) is 14.3. The average Bonchev–Trinajstić information content (AvgIpc) is 2.71. The van der Waals surface area contributed by atoms with Gasteiger partial charge in [0.25, 0.3) is 5.91 Å². The van der Waals surface area contributed by atoms with Crippen LogP contribution in [0.25, 0.3) is 0 Å². The third kappa shape index (κ3) is 5.62. The lowest BCUT2D eigenvalue weighted by Gasteiger charge is -2.13. The second-order valence-corrected chi connectivity index (χ2v) is 8.50. The number of hydrogen-bond acceptors (Lipinski definition) is 3. The van der Waals surface area contributed by atoms with E-state index < -0.39 is 11.1 Å². The highest BCUT2D eigenvalue weighted by molar-refractivity contribution is 8.00. The zero-order valence-electron chi connectivity index (χ0n) is 16.4. The SMILES string of the molecule is Cc1ccccc1C(=O)Nc1cccc(SC(C)C(=O)Nc2ccc(F)c(Cl)c2)c1. The molecule has 0 radical (unpaired) electrons. The first-order valence-corrected chi connectivity index (χ1v) is 10.5. The number of rotatable bonds is 6. The van der Waals surface area contributed by atoms with Gasteiger partial charge in [-0.25, -0.2) is 4.39 Å². The summed E-state index contributed by atoms with van der Waals surface area (Å²) in [6.45, 7) is 3.65. The van der Waals surface area contributed by atoms with Crippen molar-refractivity contribution in [3.63, 3.8) is 0 Å². The Labute approximate surface area is 183 Å². The lowest BCUT2D eigenvalue weighted by Crippen LogP contribution is -2.22. The van der Waals surface area contributed by atoms with Crippen molar-refractivity contribution < 1.29 is 14.0 Å². The molecule has 1 unspecified atom stereocenters. The fourth-order valence-corrected chi connectivity index (χ4v) is 3.86. The van der Waals surface area contributed by atoms with Crippen molar-refractivity contribution >= 4 is 46.6 Å². The predicted octanol–water partition coefficient (Wildman–Crippen LogP) is 6.16. The van der Waals surface area contributed by atoms with Gasteiger partial charge in [-0.3, -0.25) is 9.59 Å². The Morgan fingerprint density at radius 2 is 1.70 bits per heavy atom. The van der Waals surface area contributed by atoms with Crippen LogP contribution in [0.15, 0.2) is 71.6 Å². The summed E-state index contributed by atoms with van der Waals surface area (Å²) in [5.74, 6) is -0.965. The Kier molecular flexibility index (Phi) is 7.13. The summed E-state index contributed by atoms with van der Waals surface area (Å²) >= 11 is 7.10. The second kappa shape index (κ2) is 9.78. The van der Waals surface area contributed by atoms with Crippen LogP contribution < -0.4 is 10.6 Å². The van der Waals surface area contributed by atoms with Gasteiger partial charge in [-0.2, -0.15) is 0 Å². The van der Waals surface area contributed by atoms with E-state index in [0.29, 0.717) is 16.9 Å². The van der Waals surface area contributed by atoms with Crippen molar-refractivity contribution in [1.29, 1.82) is 0 Å². The molecule has 0 aromatic heterocycles. The van der Waals surface area contributed by atoms with Crippen LogP contribution in [0.4, 0.5) is 15.8 Å². The van der Waals surface area contributed by atoms with Gasteiger partial charge >= 0.3 is 0 Å². The minimum Gasteiger partial charge on any atom is -0.325 e. The highest BCUT2D eigenvalue weighted by Gasteiger charge is 2.16. The van der Waals surface area contributed by atoms with E-state index in [9.17, 15) is 14.0 Å². The number of carbonyl (C=O) groups is 2. The fraction of sp³-hybridized carbons (Fsp3) is 0.130. The van der Waals surface area contributed by atoms with Crippen LogP contribution in [-0.2, 0) is 4.79 Å². The second-order valence-electron chi connectivity index (χ2n) is 6.68. The molecular weight excluding hydrogens is 423 g/mol. The van der Waals surface area contributed by atoms with Gasteiger partial charge in [-0.1, -0.05) is 35.9 Å².